The van der Waals surface area contributed by atoms with Gasteiger partial charge in [-0.25, -0.2) is 9.97 Å². The number of likely N-dealkylation sites (tertiary alicyclic amines) is 1. The van der Waals surface area contributed by atoms with Gasteiger partial charge in [0.1, 0.15) is 11.3 Å². The van der Waals surface area contributed by atoms with Crippen LogP contribution in [0.5, 0.6) is 0 Å². The van der Waals surface area contributed by atoms with Gasteiger partial charge < -0.3 is 9.47 Å². The molecule has 1 fully saturated rings. The molecule has 0 saturated carbocycles. The van der Waals surface area contributed by atoms with Crippen LogP contribution in [0.2, 0.25) is 0 Å². The summed E-state index contributed by atoms with van der Waals surface area (Å²) in [5.74, 6) is 2.41. The second-order valence-electron chi connectivity index (χ2n) is 6.20. The maximum Gasteiger partial charge on any atom is 0.160 e. The van der Waals surface area contributed by atoms with Gasteiger partial charge in [0.2, 0.25) is 0 Å². The number of hydrogen-bond donors (Lipinski definition) is 0. The summed E-state index contributed by atoms with van der Waals surface area (Å²) in [5, 5.41) is 0. The van der Waals surface area contributed by atoms with E-state index < -0.39 is 0 Å². The largest absolute Gasteiger partial charge is 0.312 e. The molecular weight excluding hydrogens is 248 g/mol. The van der Waals surface area contributed by atoms with E-state index in [2.05, 4.69) is 41.3 Å². The van der Waals surface area contributed by atoms with Gasteiger partial charge in [0.25, 0.3) is 0 Å². The molecule has 108 valence electrons. The van der Waals surface area contributed by atoms with Crippen LogP contribution in [0.25, 0.3) is 11.2 Å². The maximum absolute atomic E-state index is 4.89. The third-order valence-electron chi connectivity index (χ3n) is 4.17. The van der Waals surface area contributed by atoms with Gasteiger partial charge in [-0.2, -0.15) is 0 Å². The Kier molecular flexibility index (Phi) is 3.74. The zero-order chi connectivity index (χ0) is 14.1. The summed E-state index contributed by atoms with van der Waals surface area (Å²) in [6, 6.07) is 4.06. The van der Waals surface area contributed by atoms with Crippen LogP contribution < -0.4 is 0 Å². The Morgan fingerprint density at radius 1 is 1.40 bits per heavy atom. The van der Waals surface area contributed by atoms with E-state index in [1.165, 1.54) is 18.8 Å². The van der Waals surface area contributed by atoms with E-state index in [0.717, 1.165) is 30.8 Å². The van der Waals surface area contributed by atoms with Gasteiger partial charge in [0, 0.05) is 25.2 Å². The molecule has 0 radical (unpaired) electrons. The van der Waals surface area contributed by atoms with Gasteiger partial charge in [0.05, 0.1) is 0 Å². The van der Waals surface area contributed by atoms with Crippen molar-refractivity contribution in [3.8, 4) is 0 Å². The highest BCUT2D eigenvalue weighted by atomic mass is 15.2. The van der Waals surface area contributed by atoms with E-state index in [9.17, 15) is 0 Å². The summed E-state index contributed by atoms with van der Waals surface area (Å²) in [6.07, 6.45) is 3.09. The van der Waals surface area contributed by atoms with Crippen LogP contribution in [-0.2, 0) is 6.54 Å². The fraction of sp³-hybridized carbons (Fsp3) is 0.625. The fourth-order valence-electron chi connectivity index (χ4n) is 3.16. The molecule has 4 nitrogen and oxygen atoms in total. The minimum absolute atomic E-state index is 0.558. The predicted octanol–water partition coefficient (Wildman–Crippen LogP) is 2.90. The van der Waals surface area contributed by atoms with E-state index in [0.29, 0.717) is 11.8 Å². The molecule has 0 bridgehead atoms. The van der Waals surface area contributed by atoms with E-state index in [4.69, 9.17) is 4.98 Å². The zero-order valence-corrected chi connectivity index (χ0v) is 12.7. The lowest BCUT2D eigenvalue weighted by molar-refractivity contribution is 0.351. The summed E-state index contributed by atoms with van der Waals surface area (Å²) in [4.78, 5) is 12.0. The quantitative estimate of drug-likeness (QED) is 0.858. The number of fused-ring (bicyclic) bond motifs is 1. The number of pyridine rings is 1. The van der Waals surface area contributed by atoms with Crippen molar-refractivity contribution < 1.29 is 0 Å². The monoisotopic (exact) mass is 272 g/mol. The van der Waals surface area contributed by atoms with E-state index in [-0.39, 0.29) is 0 Å². The number of aromatic nitrogens is 3. The Bertz CT molecular complexity index is 587. The summed E-state index contributed by atoms with van der Waals surface area (Å²) < 4.78 is 2.35. The van der Waals surface area contributed by atoms with Crippen molar-refractivity contribution in [2.75, 3.05) is 19.6 Å². The standard InChI is InChI=1S/C16H24N4/c1-4-19-9-7-13(11-19)15-18-14-6-5-8-17-16(14)20(15)10-12(2)3/h5-6,8,12-13H,4,7,9-11H2,1-3H3. The van der Waals surface area contributed by atoms with E-state index in [1.807, 2.05) is 12.3 Å². The number of imidazole rings is 1. The van der Waals surface area contributed by atoms with Crippen LogP contribution in [0, 0.1) is 5.92 Å². The molecular formula is C16H24N4. The summed E-state index contributed by atoms with van der Waals surface area (Å²) >= 11 is 0. The molecule has 3 heterocycles. The molecule has 4 heteroatoms. The highest BCUT2D eigenvalue weighted by Crippen LogP contribution is 2.29. The lowest BCUT2D eigenvalue weighted by Crippen LogP contribution is -2.20. The van der Waals surface area contributed by atoms with E-state index >= 15 is 0 Å². The number of nitrogens with zero attached hydrogens (tertiary/aromatic N) is 4. The van der Waals surface area contributed by atoms with Crippen molar-refractivity contribution >= 4 is 11.2 Å². The minimum Gasteiger partial charge on any atom is -0.312 e. The number of likely N-dealkylation sites (N-methyl/N-ethyl adjacent to an activating group) is 1. The van der Waals surface area contributed by atoms with Crippen LogP contribution in [0.4, 0.5) is 0 Å². The Morgan fingerprint density at radius 2 is 2.25 bits per heavy atom. The van der Waals surface area contributed by atoms with Gasteiger partial charge >= 0.3 is 0 Å². The lowest BCUT2D eigenvalue weighted by Gasteiger charge is -2.16. The second-order valence-corrected chi connectivity index (χ2v) is 6.20. The Morgan fingerprint density at radius 3 is 2.95 bits per heavy atom. The molecule has 0 spiro atoms. The van der Waals surface area contributed by atoms with Gasteiger partial charge in [-0.05, 0) is 37.6 Å². The molecule has 1 saturated heterocycles. The first-order valence-electron chi connectivity index (χ1n) is 7.72. The molecule has 0 aromatic carbocycles. The molecule has 1 atom stereocenters. The number of hydrogen-bond acceptors (Lipinski definition) is 3. The first-order valence-corrected chi connectivity index (χ1v) is 7.72. The molecule has 0 aliphatic carbocycles. The van der Waals surface area contributed by atoms with Crippen LogP contribution in [-0.4, -0.2) is 39.1 Å². The SMILES string of the molecule is CCN1CCC(c2nc3cccnc3n2CC(C)C)C1. The molecule has 1 unspecified atom stereocenters. The Balaban J connectivity index is 2.00. The highest BCUT2D eigenvalue weighted by molar-refractivity contribution is 5.71. The summed E-state index contributed by atoms with van der Waals surface area (Å²) in [6.45, 7) is 11.2. The van der Waals surface area contributed by atoms with Gasteiger partial charge in [-0.1, -0.05) is 20.8 Å². The van der Waals surface area contributed by atoms with Gasteiger partial charge in [0.15, 0.2) is 5.65 Å². The van der Waals surface area contributed by atoms with Crippen molar-refractivity contribution in [2.45, 2.75) is 39.7 Å². The molecule has 1 aliphatic heterocycles. The average Bonchev–Trinajstić information content (AvgIpc) is 3.03. The predicted molar refractivity (Wildman–Crippen MR) is 81.8 cm³/mol. The molecule has 1 aliphatic rings. The highest BCUT2D eigenvalue weighted by Gasteiger charge is 2.27. The molecule has 2 aromatic heterocycles. The zero-order valence-electron chi connectivity index (χ0n) is 12.7. The van der Waals surface area contributed by atoms with Crippen LogP contribution in [0.15, 0.2) is 18.3 Å². The maximum atomic E-state index is 4.89. The lowest BCUT2D eigenvalue weighted by atomic mass is 10.1. The smallest absolute Gasteiger partial charge is 0.160 e. The third-order valence-corrected chi connectivity index (χ3v) is 4.17. The average molecular weight is 272 g/mol. The molecule has 20 heavy (non-hydrogen) atoms. The van der Waals surface area contributed by atoms with Crippen molar-refractivity contribution in [3.05, 3.63) is 24.2 Å². The Hall–Kier alpha value is -1.42. The van der Waals surface area contributed by atoms with Gasteiger partial charge in [-0.15, -0.1) is 0 Å². The van der Waals surface area contributed by atoms with Crippen molar-refractivity contribution in [1.29, 1.82) is 0 Å². The van der Waals surface area contributed by atoms with Crippen molar-refractivity contribution in [2.24, 2.45) is 5.92 Å². The van der Waals surface area contributed by atoms with Crippen LogP contribution in [0.1, 0.15) is 38.9 Å². The number of rotatable bonds is 4. The molecule has 0 N–H and O–H groups in total. The fourth-order valence-corrected chi connectivity index (χ4v) is 3.16. The Labute approximate surface area is 120 Å². The normalized spacial score (nSPS) is 20.3. The van der Waals surface area contributed by atoms with Crippen molar-refractivity contribution in [3.63, 3.8) is 0 Å². The second kappa shape index (κ2) is 5.52. The topological polar surface area (TPSA) is 34.0 Å². The molecule has 0 amide bonds. The third kappa shape index (κ3) is 2.44. The van der Waals surface area contributed by atoms with Crippen LogP contribution >= 0.6 is 0 Å². The van der Waals surface area contributed by atoms with Crippen LogP contribution in [0.3, 0.4) is 0 Å². The van der Waals surface area contributed by atoms with Crippen molar-refractivity contribution in [1.82, 2.24) is 19.4 Å². The first-order chi connectivity index (χ1) is 9.69. The molecule has 3 rings (SSSR count). The minimum atomic E-state index is 0.558. The molecule has 2 aromatic rings. The van der Waals surface area contributed by atoms with E-state index in [1.54, 1.807) is 0 Å². The summed E-state index contributed by atoms with van der Waals surface area (Å²) in [7, 11) is 0. The summed E-state index contributed by atoms with van der Waals surface area (Å²) in [5.41, 5.74) is 2.09. The van der Waals surface area contributed by atoms with Gasteiger partial charge in [-0.3, -0.25) is 0 Å². The first kappa shape index (κ1) is 13.6.